The molecule has 0 bridgehead atoms. The second-order valence-corrected chi connectivity index (χ2v) is 6.40. The number of amides is 1. The Hall–Kier alpha value is -4.07. The molecule has 3 N–H and O–H groups in total. The second-order valence-electron chi connectivity index (χ2n) is 6.40. The van der Waals surface area contributed by atoms with E-state index in [4.69, 9.17) is 9.47 Å². The maximum Gasteiger partial charge on any atom is 0.271 e. The summed E-state index contributed by atoms with van der Waals surface area (Å²) in [6.07, 6.45) is 3.15. The second kappa shape index (κ2) is 9.42. The van der Waals surface area contributed by atoms with Gasteiger partial charge in [-0.05, 0) is 36.4 Å². The first-order chi connectivity index (χ1) is 14.8. The van der Waals surface area contributed by atoms with Crippen LogP contribution in [0.5, 0.6) is 11.5 Å². The molecule has 1 aliphatic rings. The lowest BCUT2D eigenvalue weighted by molar-refractivity contribution is 0.0945. The number of para-hydroxylation sites is 1. The molecule has 4 rings (SSSR count). The van der Waals surface area contributed by atoms with Crippen LogP contribution in [0.25, 0.3) is 0 Å². The molecule has 8 nitrogen and oxygen atoms in total. The van der Waals surface area contributed by atoms with Crippen LogP contribution in [0.2, 0.25) is 0 Å². The number of hydrazine groups is 1. The molecule has 3 aromatic rings. The van der Waals surface area contributed by atoms with Crippen molar-refractivity contribution in [2.75, 3.05) is 18.5 Å². The molecule has 0 aliphatic carbocycles. The number of aliphatic imine (C=N–C) groups is 1. The summed E-state index contributed by atoms with van der Waals surface area (Å²) < 4.78 is 11.0. The summed E-state index contributed by atoms with van der Waals surface area (Å²) in [5.41, 5.74) is 8.12. The van der Waals surface area contributed by atoms with Crippen LogP contribution in [0.4, 0.5) is 11.4 Å². The minimum Gasteiger partial charge on any atom is -0.486 e. The smallest absolute Gasteiger partial charge is 0.271 e. The first kappa shape index (κ1) is 19.3. The van der Waals surface area contributed by atoms with Crippen molar-refractivity contribution in [2.24, 2.45) is 4.99 Å². The van der Waals surface area contributed by atoms with Crippen LogP contribution in [0.3, 0.4) is 0 Å². The van der Waals surface area contributed by atoms with Gasteiger partial charge in [-0.25, -0.2) is 4.99 Å². The molecule has 2 heterocycles. The molecule has 1 aliphatic heterocycles. The minimum atomic E-state index is -0.284. The van der Waals surface area contributed by atoms with Gasteiger partial charge in [0.15, 0.2) is 11.5 Å². The first-order valence-electron chi connectivity index (χ1n) is 9.50. The number of hydrogen-bond donors (Lipinski definition) is 3. The molecule has 1 aromatic heterocycles. The molecular formula is C22H21N5O3. The maximum absolute atomic E-state index is 12.6. The Morgan fingerprint density at radius 1 is 1.03 bits per heavy atom. The fourth-order valence-corrected chi connectivity index (χ4v) is 2.91. The Balaban J connectivity index is 1.33. The van der Waals surface area contributed by atoms with Gasteiger partial charge in [-0.15, -0.1) is 0 Å². The van der Waals surface area contributed by atoms with Crippen molar-refractivity contribution in [3.05, 3.63) is 78.1 Å². The highest BCUT2D eigenvalue weighted by molar-refractivity contribution is 5.99. The molecule has 8 heteroatoms. The van der Waals surface area contributed by atoms with Crippen LogP contribution in [0.15, 0.2) is 71.9 Å². The number of aromatic nitrogens is 1. The van der Waals surface area contributed by atoms with Crippen molar-refractivity contribution < 1.29 is 14.3 Å². The van der Waals surface area contributed by atoms with Crippen molar-refractivity contribution in [2.45, 2.75) is 6.54 Å². The summed E-state index contributed by atoms with van der Waals surface area (Å²) in [7, 11) is 0. The van der Waals surface area contributed by atoms with Crippen molar-refractivity contribution in [3.8, 4) is 11.5 Å². The van der Waals surface area contributed by atoms with Crippen molar-refractivity contribution in [1.29, 1.82) is 0 Å². The SMILES string of the molecule is O=C(NNC=Nc1ccc2c(c1)OCCO2)c1ccccc1NCc1ccccn1. The van der Waals surface area contributed by atoms with Crippen LogP contribution in [0.1, 0.15) is 16.1 Å². The van der Waals surface area contributed by atoms with Gasteiger partial charge in [0, 0.05) is 18.0 Å². The summed E-state index contributed by atoms with van der Waals surface area (Å²) in [6, 6.07) is 18.4. The molecule has 1 amide bonds. The van der Waals surface area contributed by atoms with E-state index in [1.54, 1.807) is 18.3 Å². The van der Waals surface area contributed by atoms with Gasteiger partial charge in [0.1, 0.15) is 19.6 Å². The van der Waals surface area contributed by atoms with Gasteiger partial charge in [0.25, 0.3) is 5.91 Å². The average Bonchev–Trinajstić information content (AvgIpc) is 2.81. The molecule has 0 saturated heterocycles. The third-order valence-electron chi connectivity index (χ3n) is 4.35. The molecule has 30 heavy (non-hydrogen) atoms. The number of nitrogens with one attached hydrogen (secondary N) is 3. The lowest BCUT2D eigenvalue weighted by atomic mass is 10.1. The lowest BCUT2D eigenvalue weighted by Crippen LogP contribution is -2.36. The van der Waals surface area contributed by atoms with Gasteiger partial charge in [0.05, 0.1) is 23.5 Å². The van der Waals surface area contributed by atoms with E-state index in [1.807, 2.05) is 48.5 Å². The molecule has 0 spiro atoms. The molecule has 2 aromatic carbocycles. The molecule has 0 saturated carbocycles. The fraction of sp³-hybridized carbons (Fsp3) is 0.136. The number of carbonyl (C=O) groups excluding carboxylic acids is 1. The summed E-state index contributed by atoms with van der Waals surface area (Å²) in [5.74, 6) is 1.08. The number of nitrogens with zero attached hydrogens (tertiary/aromatic N) is 2. The predicted molar refractivity (Wildman–Crippen MR) is 114 cm³/mol. The highest BCUT2D eigenvalue weighted by atomic mass is 16.6. The van der Waals surface area contributed by atoms with E-state index in [9.17, 15) is 4.79 Å². The van der Waals surface area contributed by atoms with E-state index in [-0.39, 0.29) is 5.91 Å². The Bertz CT molecular complexity index is 1040. The zero-order chi connectivity index (χ0) is 20.6. The standard InChI is InChI=1S/C22H21N5O3/c28-22(18-6-1-2-7-19(18)24-14-17-5-3-4-10-23-17)27-26-15-25-16-8-9-20-21(13-16)30-12-11-29-20/h1-10,13,15,24H,11-12,14H2,(H,25,26)(H,27,28). The Morgan fingerprint density at radius 3 is 2.73 bits per heavy atom. The van der Waals surface area contributed by atoms with Gasteiger partial charge in [-0.3, -0.25) is 20.6 Å². The molecule has 0 atom stereocenters. The van der Waals surface area contributed by atoms with Crippen LogP contribution >= 0.6 is 0 Å². The zero-order valence-electron chi connectivity index (χ0n) is 16.2. The first-order valence-corrected chi connectivity index (χ1v) is 9.50. The van der Waals surface area contributed by atoms with Crippen molar-refractivity contribution >= 4 is 23.6 Å². The molecule has 0 fully saturated rings. The van der Waals surface area contributed by atoms with E-state index < -0.39 is 0 Å². The van der Waals surface area contributed by atoms with E-state index in [1.165, 1.54) is 6.34 Å². The lowest BCUT2D eigenvalue weighted by Gasteiger charge is -2.18. The van der Waals surface area contributed by atoms with Gasteiger partial charge in [-0.1, -0.05) is 18.2 Å². The average molecular weight is 403 g/mol. The summed E-state index contributed by atoms with van der Waals surface area (Å²) in [4.78, 5) is 21.1. The fourth-order valence-electron chi connectivity index (χ4n) is 2.91. The number of hydrogen-bond acceptors (Lipinski definition) is 6. The van der Waals surface area contributed by atoms with Gasteiger partial charge in [-0.2, -0.15) is 0 Å². The van der Waals surface area contributed by atoms with Crippen LogP contribution in [-0.4, -0.2) is 30.4 Å². The highest BCUT2D eigenvalue weighted by Crippen LogP contribution is 2.33. The van der Waals surface area contributed by atoms with Gasteiger partial charge < -0.3 is 14.8 Å². The minimum absolute atomic E-state index is 0.284. The zero-order valence-corrected chi connectivity index (χ0v) is 16.2. The van der Waals surface area contributed by atoms with Gasteiger partial charge >= 0.3 is 0 Å². The number of anilines is 1. The monoisotopic (exact) mass is 403 g/mol. The third-order valence-corrected chi connectivity index (χ3v) is 4.35. The van der Waals surface area contributed by atoms with E-state index in [0.717, 1.165) is 5.69 Å². The van der Waals surface area contributed by atoms with Crippen LogP contribution < -0.4 is 25.6 Å². The maximum atomic E-state index is 12.6. The summed E-state index contributed by atoms with van der Waals surface area (Å²) in [6.45, 7) is 1.58. The molecule has 152 valence electrons. The molecule has 0 radical (unpaired) electrons. The van der Waals surface area contributed by atoms with E-state index in [0.29, 0.717) is 48.2 Å². The van der Waals surface area contributed by atoms with E-state index in [2.05, 4.69) is 26.1 Å². The number of pyridine rings is 1. The van der Waals surface area contributed by atoms with E-state index >= 15 is 0 Å². The number of carbonyl (C=O) groups is 1. The summed E-state index contributed by atoms with van der Waals surface area (Å²) in [5, 5.41) is 3.25. The highest BCUT2D eigenvalue weighted by Gasteiger charge is 2.12. The number of benzene rings is 2. The Morgan fingerprint density at radius 2 is 1.87 bits per heavy atom. The predicted octanol–water partition coefficient (Wildman–Crippen LogP) is 3.06. The molecule has 0 unspecified atom stereocenters. The van der Waals surface area contributed by atoms with Crippen LogP contribution in [0, 0.1) is 0 Å². The van der Waals surface area contributed by atoms with Crippen molar-refractivity contribution in [1.82, 2.24) is 15.8 Å². The Labute approximate surface area is 173 Å². The van der Waals surface area contributed by atoms with Crippen molar-refractivity contribution in [3.63, 3.8) is 0 Å². The Kier molecular flexibility index (Phi) is 6.05. The topological polar surface area (TPSA) is 96.9 Å². The van der Waals surface area contributed by atoms with Crippen LogP contribution in [-0.2, 0) is 6.54 Å². The molecular weight excluding hydrogens is 382 g/mol. The summed E-state index contributed by atoms with van der Waals surface area (Å²) >= 11 is 0. The number of ether oxygens (including phenoxy) is 2. The van der Waals surface area contributed by atoms with Gasteiger partial charge in [0.2, 0.25) is 0 Å². The third kappa shape index (κ3) is 4.85. The number of rotatable bonds is 7. The number of fused-ring (bicyclic) bond motifs is 1. The largest absolute Gasteiger partial charge is 0.486 e. The quantitative estimate of drug-likeness (QED) is 0.319. The normalized spacial score (nSPS) is 12.4.